The molecular weight excluding hydrogens is 536 g/mol. The molecule has 1 amide bonds. The Morgan fingerprint density at radius 2 is 1.82 bits per heavy atom. The molecule has 0 spiro atoms. The van der Waals surface area contributed by atoms with Crippen LogP contribution >= 0.6 is 11.3 Å². The fourth-order valence-corrected chi connectivity index (χ4v) is 6.83. The fraction of sp³-hybridized carbons (Fsp3) is 0.500. The van der Waals surface area contributed by atoms with Gasteiger partial charge in [-0.1, -0.05) is 30.7 Å². The maximum atomic E-state index is 13.8. The highest BCUT2D eigenvalue weighted by Gasteiger charge is 2.25. The van der Waals surface area contributed by atoms with Crippen molar-refractivity contribution in [2.24, 2.45) is 0 Å². The second-order valence-electron chi connectivity index (χ2n) is 9.73. The van der Waals surface area contributed by atoms with E-state index in [0.717, 1.165) is 67.9 Å². The molecule has 0 bridgehead atoms. The number of ether oxygens (including phenoxy) is 2. The molecule has 0 saturated carbocycles. The number of fused-ring (bicyclic) bond motifs is 1. The van der Waals surface area contributed by atoms with Crippen LogP contribution in [0.4, 0.5) is 5.13 Å². The van der Waals surface area contributed by atoms with E-state index in [0.29, 0.717) is 29.5 Å². The summed E-state index contributed by atoms with van der Waals surface area (Å²) in [6.45, 7) is 9.05. The molecule has 9 nitrogen and oxygen atoms in total. The molecule has 39 heavy (non-hydrogen) atoms. The van der Waals surface area contributed by atoms with Crippen molar-refractivity contribution < 1.29 is 22.7 Å². The van der Waals surface area contributed by atoms with E-state index >= 15 is 0 Å². The third kappa shape index (κ3) is 6.78. The van der Waals surface area contributed by atoms with Crippen molar-refractivity contribution in [2.75, 3.05) is 65.0 Å². The predicted molar refractivity (Wildman–Crippen MR) is 156 cm³/mol. The zero-order valence-electron chi connectivity index (χ0n) is 23.2. The molecule has 4 rings (SSSR count). The van der Waals surface area contributed by atoms with Crippen LogP contribution in [-0.2, 0) is 14.8 Å². The maximum absolute atomic E-state index is 13.8. The molecule has 2 aromatic carbocycles. The van der Waals surface area contributed by atoms with Crippen LogP contribution < -0.4 is 9.64 Å². The number of aryl methyl sites for hydroxylation is 1. The predicted octanol–water partition coefficient (Wildman–Crippen LogP) is 4.40. The lowest BCUT2D eigenvalue weighted by molar-refractivity contribution is 0.0376. The summed E-state index contributed by atoms with van der Waals surface area (Å²) in [5, 5.41) is 0.598. The summed E-state index contributed by atoms with van der Waals surface area (Å²) in [4.78, 5) is 22.9. The van der Waals surface area contributed by atoms with Crippen LogP contribution in [-0.4, -0.2) is 88.6 Å². The average Bonchev–Trinajstić information content (AvgIpc) is 3.40. The van der Waals surface area contributed by atoms with E-state index in [9.17, 15) is 13.2 Å². The normalized spacial score (nSPS) is 14.7. The third-order valence-corrected chi connectivity index (χ3v) is 10.1. The van der Waals surface area contributed by atoms with Gasteiger partial charge in [0.05, 0.1) is 29.9 Å². The average molecular weight is 575 g/mol. The van der Waals surface area contributed by atoms with Gasteiger partial charge in [0, 0.05) is 45.3 Å². The lowest BCUT2D eigenvalue weighted by Crippen LogP contribution is -2.39. The van der Waals surface area contributed by atoms with Crippen LogP contribution in [0.25, 0.3) is 10.2 Å². The Hall–Kier alpha value is -2.57. The number of benzene rings is 2. The SMILES string of the molecule is CCCCN(C)S(=O)(=O)c1ccc(C(=O)N(CCCN2CCOCC2)c2nc3c(OC)ccc(C)c3s2)cc1. The highest BCUT2D eigenvalue weighted by molar-refractivity contribution is 7.89. The van der Waals surface area contributed by atoms with Gasteiger partial charge in [-0.2, -0.15) is 0 Å². The van der Waals surface area contributed by atoms with Crippen LogP contribution in [0, 0.1) is 6.92 Å². The highest BCUT2D eigenvalue weighted by atomic mass is 32.2. The van der Waals surface area contributed by atoms with Crippen molar-refractivity contribution in [3.8, 4) is 5.75 Å². The van der Waals surface area contributed by atoms with Gasteiger partial charge in [0.1, 0.15) is 11.3 Å². The fourth-order valence-electron chi connectivity index (χ4n) is 4.55. The summed E-state index contributed by atoms with van der Waals surface area (Å²) < 4.78 is 39.2. The first-order chi connectivity index (χ1) is 18.8. The van der Waals surface area contributed by atoms with Crippen LogP contribution in [0.3, 0.4) is 0 Å². The topological polar surface area (TPSA) is 92.3 Å². The first-order valence-electron chi connectivity index (χ1n) is 13.4. The van der Waals surface area contributed by atoms with Gasteiger partial charge in [-0.25, -0.2) is 17.7 Å². The van der Waals surface area contributed by atoms with Crippen LogP contribution in [0.2, 0.25) is 0 Å². The van der Waals surface area contributed by atoms with E-state index in [1.807, 2.05) is 26.0 Å². The molecule has 1 saturated heterocycles. The van der Waals surface area contributed by atoms with Crippen LogP contribution in [0.5, 0.6) is 5.75 Å². The molecule has 1 aliphatic rings. The molecule has 212 valence electrons. The lowest BCUT2D eigenvalue weighted by atomic mass is 10.2. The molecule has 11 heteroatoms. The molecule has 2 heterocycles. The Labute approximate surface area is 235 Å². The maximum Gasteiger partial charge on any atom is 0.260 e. The van der Waals surface area contributed by atoms with Crippen molar-refractivity contribution in [1.29, 1.82) is 0 Å². The Kier molecular flexibility index (Phi) is 9.95. The molecule has 0 atom stereocenters. The second-order valence-corrected chi connectivity index (χ2v) is 12.8. The van der Waals surface area contributed by atoms with E-state index < -0.39 is 10.0 Å². The second kappa shape index (κ2) is 13.2. The molecule has 0 unspecified atom stereocenters. The summed E-state index contributed by atoms with van der Waals surface area (Å²) in [6, 6.07) is 10.1. The number of hydrogen-bond donors (Lipinski definition) is 0. The van der Waals surface area contributed by atoms with Gasteiger partial charge in [0.25, 0.3) is 5.91 Å². The zero-order valence-corrected chi connectivity index (χ0v) is 24.8. The van der Waals surface area contributed by atoms with Crippen molar-refractivity contribution >= 4 is 42.6 Å². The van der Waals surface area contributed by atoms with Gasteiger partial charge in [0.15, 0.2) is 5.13 Å². The standard InChI is InChI=1S/C28H38N4O5S2/c1-5-6-14-30(3)39(34,35)23-11-9-22(10-12-23)27(33)32(16-7-15-31-17-19-37-20-18-31)28-29-25-24(36-4)13-8-21(2)26(25)38-28/h8-13H,5-7,14-20H2,1-4H3. The number of unbranched alkanes of at least 4 members (excludes halogenated alkanes) is 1. The number of methoxy groups -OCH3 is 1. The summed E-state index contributed by atoms with van der Waals surface area (Å²) in [5.74, 6) is 0.455. The number of sulfonamides is 1. The summed E-state index contributed by atoms with van der Waals surface area (Å²) in [5.41, 5.74) is 2.22. The largest absolute Gasteiger partial charge is 0.494 e. The number of amides is 1. The van der Waals surface area contributed by atoms with Crippen LogP contribution in [0.15, 0.2) is 41.3 Å². The number of carbonyl (C=O) groups excluding carboxylic acids is 1. The van der Waals surface area contributed by atoms with E-state index in [1.54, 1.807) is 31.2 Å². The Morgan fingerprint density at radius 3 is 2.49 bits per heavy atom. The van der Waals surface area contributed by atoms with Gasteiger partial charge < -0.3 is 9.47 Å². The smallest absolute Gasteiger partial charge is 0.260 e. The number of aromatic nitrogens is 1. The van der Waals surface area contributed by atoms with Gasteiger partial charge in [-0.3, -0.25) is 14.6 Å². The number of hydrogen-bond acceptors (Lipinski definition) is 8. The van der Waals surface area contributed by atoms with Gasteiger partial charge in [-0.15, -0.1) is 0 Å². The van der Waals surface area contributed by atoms with Gasteiger partial charge in [0.2, 0.25) is 10.0 Å². The number of carbonyl (C=O) groups is 1. The number of nitrogens with zero attached hydrogens (tertiary/aromatic N) is 4. The minimum atomic E-state index is -3.61. The Morgan fingerprint density at radius 1 is 1.10 bits per heavy atom. The monoisotopic (exact) mass is 574 g/mol. The lowest BCUT2D eigenvalue weighted by Gasteiger charge is -2.27. The summed E-state index contributed by atoms with van der Waals surface area (Å²) in [7, 11) is -0.412. The van der Waals surface area contributed by atoms with E-state index in [4.69, 9.17) is 14.5 Å². The number of rotatable bonds is 12. The first kappa shape index (κ1) is 29.4. The summed E-state index contributed by atoms with van der Waals surface area (Å²) in [6.07, 6.45) is 2.47. The molecule has 1 fully saturated rings. The molecule has 1 aromatic heterocycles. The number of morpholine rings is 1. The summed E-state index contributed by atoms with van der Waals surface area (Å²) >= 11 is 1.47. The van der Waals surface area contributed by atoms with Crippen molar-refractivity contribution in [3.63, 3.8) is 0 Å². The Bertz CT molecular complexity index is 1370. The minimum absolute atomic E-state index is 0.178. The third-order valence-electron chi connectivity index (χ3n) is 6.98. The molecule has 3 aromatic rings. The number of anilines is 1. The molecule has 1 aliphatic heterocycles. The first-order valence-corrected chi connectivity index (χ1v) is 15.6. The van der Waals surface area contributed by atoms with E-state index in [1.165, 1.54) is 27.8 Å². The minimum Gasteiger partial charge on any atom is -0.494 e. The van der Waals surface area contributed by atoms with E-state index in [2.05, 4.69) is 4.90 Å². The van der Waals surface area contributed by atoms with Crippen molar-refractivity contribution in [2.45, 2.75) is 38.0 Å². The molecule has 0 N–H and O–H groups in total. The van der Waals surface area contributed by atoms with Gasteiger partial charge in [-0.05, 0) is 55.7 Å². The quantitative estimate of drug-likeness (QED) is 0.317. The highest BCUT2D eigenvalue weighted by Crippen LogP contribution is 2.37. The molecule has 0 aliphatic carbocycles. The van der Waals surface area contributed by atoms with Crippen LogP contribution in [0.1, 0.15) is 42.1 Å². The van der Waals surface area contributed by atoms with Crippen molar-refractivity contribution in [3.05, 3.63) is 47.5 Å². The zero-order chi connectivity index (χ0) is 28.0. The van der Waals surface area contributed by atoms with Crippen molar-refractivity contribution in [1.82, 2.24) is 14.2 Å². The molecular formula is C28H38N4O5S2. The van der Waals surface area contributed by atoms with E-state index in [-0.39, 0.29) is 10.8 Å². The Balaban J connectivity index is 1.60. The van der Waals surface area contributed by atoms with Gasteiger partial charge >= 0.3 is 0 Å². The number of thiazole rings is 1. The molecule has 0 radical (unpaired) electrons.